The van der Waals surface area contributed by atoms with Gasteiger partial charge in [-0.25, -0.2) is 9.97 Å². The van der Waals surface area contributed by atoms with E-state index in [-0.39, 0.29) is 17.3 Å². The van der Waals surface area contributed by atoms with E-state index in [4.69, 9.17) is 16.2 Å². The molecule has 0 bridgehead atoms. The molecule has 0 radical (unpaired) electrons. The summed E-state index contributed by atoms with van der Waals surface area (Å²) in [6.07, 6.45) is 6.32. The van der Waals surface area contributed by atoms with E-state index in [1.807, 2.05) is 41.1 Å². The molecule has 0 fully saturated rings. The molecule has 0 aliphatic rings. The number of imidazole rings is 1. The Morgan fingerprint density at radius 3 is 2.64 bits per heavy atom. The number of aromatic nitrogens is 4. The molecule has 0 spiro atoms. The van der Waals surface area contributed by atoms with Gasteiger partial charge in [0.15, 0.2) is 0 Å². The van der Waals surface area contributed by atoms with Crippen LogP contribution >= 0.6 is 0 Å². The van der Waals surface area contributed by atoms with Crippen LogP contribution in [0.15, 0.2) is 43.0 Å². The van der Waals surface area contributed by atoms with Gasteiger partial charge in [-0.3, -0.25) is 0 Å². The molecular formula is C17H17N7O. The molecule has 126 valence electrons. The number of nitrogen functional groups attached to an aromatic ring is 2. The highest BCUT2D eigenvalue weighted by atomic mass is 16.5. The fourth-order valence-corrected chi connectivity index (χ4v) is 2.38. The molecule has 2 heterocycles. The summed E-state index contributed by atoms with van der Waals surface area (Å²) in [5.74, 6) is 0.846. The second-order valence-corrected chi connectivity index (χ2v) is 5.33. The van der Waals surface area contributed by atoms with Crippen molar-refractivity contribution >= 4 is 11.8 Å². The SMILES string of the molecule is N#Cc1c(N)nc(N)nc1-c1ccc(OCCCn2ccnc2)cc1. The fraction of sp³-hybridized carbons (Fsp3) is 0.176. The minimum absolute atomic E-state index is 0.0336. The van der Waals surface area contributed by atoms with Gasteiger partial charge in [0.25, 0.3) is 0 Å². The van der Waals surface area contributed by atoms with Crippen molar-refractivity contribution in [1.29, 1.82) is 5.26 Å². The highest BCUT2D eigenvalue weighted by Crippen LogP contribution is 2.26. The molecule has 2 aromatic heterocycles. The Kier molecular flexibility index (Phi) is 4.76. The number of hydrogen-bond acceptors (Lipinski definition) is 7. The number of hydrogen-bond donors (Lipinski definition) is 2. The Bertz CT molecular complexity index is 883. The van der Waals surface area contributed by atoms with Gasteiger partial charge in [-0.2, -0.15) is 10.2 Å². The van der Waals surface area contributed by atoms with E-state index < -0.39 is 0 Å². The van der Waals surface area contributed by atoms with E-state index >= 15 is 0 Å². The predicted molar refractivity (Wildman–Crippen MR) is 93.3 cm³/mol. The van der Waals surface area contributed by atoms with Gasteiger partial charge in [0.2, 0.25) is 5.95 Å². The maximum atomic E-state index is 9.25. The Labute approximate surface area is 144 Å². The monoisotopic (exact) mass is 335 g/mol. The molecule has 0 unspecified atom stereocenters. The zero-order valence-electron chi connectivity index (χ0n) is 13.5. The van der Waals surface area contributed by atoms with E-state index in [1.54, 1.807) is 12.5 Å². The normalized spacial score (nSPS) is 10.4. The number of nitriles is 1. The molecule has 8 heteroatoms. The summed E-state index contributed by atoms with van der Waals surface area (Å²) in [4.78, 5) is 11.9. The molecule has 0 amide bonds. The Morgan fingerprint density at radius 1 is 1.16 bits per heavy atom. The van der Waals surface area contributed by atoms with Gasteiger partial charge >= 0.3 is 0 Å². The van der Waals surface area contributed by atoms with Crippen molar-refractivity contribution in [1.82, 2.24) is 19.5 Å². The summed E-state index contributed by atoms with van der Waals surface area (Å²) >= 11 is 0. The minimum atomic E-state index is 0.0336. The second kappa shape index (κ2) is 7.31. The van der Waals surface area contributed by atoms with Crippen molar-refractivity contribution in [3.05, 3.63) is 48.5 Å². The smallest absolute Gasteiger partial charge is 0.222 e. The first-order chi connectivity index (χ1) is 12.2. The van der Waals surface area contributed by atoms with Crippen LogP contribution in [0.25, 0.3) is 11.3 Å². The van der Waals surface area contributed by atoms with Crippen molar-refractivity contribution in [2.75, 3.05) is 18.1 Å². The average molecular weight is 335 g/mol. The lowest BCUT2D eigenvalue weighted by atomic mass is 10.1. The summed E-state index contributed by atoms with van der Waals surface area (Å²) in [5.41, 5.74) is 12.7. The Balaban J connectivity index is 1.65. The van der Waals surface area contributed by atoms with Crippen LogP contribution in [0.2, 0.25) is 0 Å². The average Bonchev–Trinajstić information content (AvgIpc) is 3.12. The number of ether oxygens (including phenoxy) is 1. The van der Waals surface area contributed by atoms with E-state index in [2.05, 4.69) is 15.0 Å². The Morgan fingerprint density at radius 2 is 1.96 bits per heavy atom. The first kappa shape index (κ1) is 16.3. The lowest BCUT2D eigenvalue weighted by molar-refractivity contribution is 0.302. The molecule has 0 atom stereocenters. The van der Waals surface area contributed by atoms with Gasteiger partial charge in [-0.1, -0.05) is 0 Å². The molecule has 0 saturated heterocycles. The zero-order chi connectivity index (χ0) is 17.6. The molecule has 0 saturated carbocycles. The molecule has 4 N–H and O–H groups in total. The molecule has 1 aromatic carbocycles. The van der Waals surface area contributed by atoms with Crippen molar-refractivity contribution in [3.8, 4) is 23.1 Å². The summed E-state index contributed by atoms with van der Waals surface area (Å²) in [7, 11) is 0. The van der Waals surface area contributed by atoms with Gasteiger partial charge in [-0.15, -0.1) is 0 Å². The van der Waals surface area contributed by atoms with Crippen LogP contribution in [0.3, 0.4) is 0 Å². The third-order valence-electron chi connectivity index (χ3n) is 3.58. The minimum Gasteiger partial charge on any atom is -0.494 e. The van der Waals surface area contributed by atoms with Crippen molar-refractivity contribution in [2.24, 2.45) is 0 Å². The fourth-order valence-electron chi connectivity index (χ4n) is 2.38. The van der Waals surface area contributed by atoms with Crippen LogP contribution in [0.5, 0.6) is 5.75 Å². The predicted octanol–water partition coefficient (Wildman–Crippen LogP) is 1.85. The zero-order valence-corrected chi connectivity index (χ0v) is 13.5. The van der Waals surface area contributed by atoms with Crippen LogP contribution in [0.1, 0.15) is 12.0 Å². The summed E-state index contributed by atoms with van der Waals surface area (Å²) in [6.45, 7) is 1.44. The largest absolute Gasteiger partial charge is 0.494 e. The van der Waals surface area contributed by atoms with Crippen molar-refractivity contribution in [2.45, 2.75) is 13.0 Å². The number of anilines is 2. The first-order valence-electron chi connectivity index (χ1n) is 7.69. The highest BCUT2D eigenvalue weighted by molar-refractivity contribution is 5.73. The van der Waals surface area contributed by atoms with Gasteiger partial charge < -0.3 is 20.8 Å². The van der Waals surface area contributed by atoms with Crippen LogP contribution < -0.4 is 16.2 Å². The lowest BCUT2D eigenvalue weighted by Gasteiger charge is -2.09. The van der Waals surface area contributed by atoms with Crippen LogP contribution in [0.4, 0.5) is 11.8 Å². The highest BCUT2D eigenvalue weighted by Gasteiger charge is 2.13. The Hall–Kier alpha value is -3.60. The van der Waals surface area contributed by atoms with Crippen LogP contribution in [-0.2, 0) is 6.54 Å². The third-order valence-corrected chi connectivity index (χ3v) is 3.58. The molecular weight excluding hydrogens is 318 g/mol. The summed E-state index contributed by atoms with van der Waals surface area (Å²) in [5, 5.41) is 9.25. The van der Waals surface area contributed by atoms with Gasteiger partial charge in [0, 0.05) is 24.5 Å². The number of aryl methyl sites for hydroxylation is 1. The van der Waals surface area contributed by atoms with Crippen LogP contribution in [0, 0.1) is 11.3 Å². The van der Waals surface area contributed by atoms with E-state index in [0.717, 1.165) is 24.3 Å². The summed E-state index contributed by atoms with van der Waals surface area (Å²) < 4.78 is 7.72. The van der Waals surface area contributed by atoms with Crippen molar-refractivity contribution in [3.63, 3.8) is 0 Å². The first-order valence-corrected chi connectivity index (χ1v) is 7.69. The lowest BCUT2D eigenvalue weighted by Crippen LogP contribution is -2.05. The van der Waals surface area contributed by atoms with E-state index in [9.17, 15) is 5.26 Å². The number of nitrogens with zero attached hydrogens (tertiary/aromatic N) is 5. The number of rotatable bonds is 6. The third kappa shape index (κ3) is 3.84. The van der Waals surface area contributed by atoms with Gasteiger partial charge in [-0.05, 0) is 30.7 Å². The molecule has 8 nitrogen and oxygen atoms in total. The van der Waals surface area contributed by atoms with Crippen LogP contribution in [-0.4, -0.2) is 26.1 Å². The van der Waals surface area contributed by atoms with Gasteiger partial charge in [0.05, 0.1) is 18.6 Å². The van der Waals surface area contributed by atoms with E-state index in [1.165, 1.54) is 0 Å². The molecule has 0 aliphatic heterocycles. The maximum absolute atomic E-state index is 9.25. The van der Waals surface area contributed by atoms with Crippen molar-refractivity contribution < 1.29 is 4.74 Å². The maximum Gasteiger partial charge on any atom is 0.222 e. The second-order valence-electron chi connectivity index (χ2n) is 5.33. The molecule has 0 aliphatic carbocycles. The molecule has 3 rings (SSSR count). The van der Waals surface area contributed by atoms with Gasteiger partial charge in [0.1, 0.15) is 23.2 Å². The molecule has 3 aromatic rings. The number of benzene rings is 1. The quantitative estimate of drug-likeness (QED) is 0.657. The summed E-state index contributed by atoms with van der Waals surface area (Å²) in [6, 6.07) is 9.28. The topological polar surface area (TPSA) is 129 Å². The standard InChI is InChI=1S/C17H17N7O/c18-10-14-15(22-17(20)23-16(14)19)12-2-4-13(5-3-12)25-9-1-7-24-8-6-21-11-24/h2-6,8,11H,1,7,9H2,(H4,19,20,22,23). The number of nitrogens with two attached hydrogens (primary N) is 2. The van der Waals surface area contributed by atoms with E-state index in [0.29, 0.717) is 12.3 Å². The molecule has 25 heavy (non-hydrogen) atoms.